The summed E-state index contributed by atoms with van der Waals surface area (Å²) in [7, 11) is 0. The molecule has 0 heterocycles. The Balaban J connectivity index is 3.58. The second-order valence-corrected chi connectivity index (χ2v) is 22.5. The largest absolute Gasteiger partial charge is 0.462 e. The van der Waals surface area contributed by atoms with E-state index in [-0.39, 0.29) is 25.2 Å². The molecule has 462 valence electrons. The van der Waals surface area contributed by atoms with Gasteiger partial charge in [-0.05, 0) is 96.3 Å². The van der Waals surface area contributed by atoms with E-state index in [0.29, 0.717) is 12.8 Å². The maximum Gasteiger partial charge on any atom is 0.306 e. The number of unbranched alkanes of at least 4 members (excludes halogenated alkanes) is 32. The highest BCUT2D eigenvalue weighted by Gasteiger charge is 2.16. The van der Waals surface area contributed by atoms with Crippen molar-refractivity contribution in [2.24, 2.45) is 0 Å². The Hall–Kier alpha value is -3.96. The Labute approximate surface area is 502 Å². The lowest BCUT2D eigenvalue weighted by atomic mass is 10.0. The van der Waals surface area contributed by atoms with Gasteiger partial charge in [-0.3, -0.25) is 9.59 Å². The van der Waals surface area contributed by atoms with Gasteiger partial charge in [0, 0.05) is 12.8 Å². The van der Waals surface area contributed by atoms with Gasteiger partial charge in [-0.25, -0.2) is 0 Å². The van der Waals surface area contributed by atoms with Crippen molar-refractivity contribution < 1.29 is 24.2 Å². The van der Waals surface area contributed by atoms with Crippen molar-refractivity contribution in [3.8, 4) is 0 Å². The van der Waals surface area contributed by atoms with E-state index in [1.165, 1.54) is 173 Å². The number of carbonyl (C=O) groups is 2. The van der Waals surface area contributed by atoms with E-state index in [0.717, 1.165) is 116 Å². The highest BCUT2D eigenvalue weighted by Crippen LogP contribution is 2.17. The van der Waals surface area contributed by atoms with E-state index >= 15 is 0 Å². The summed E-state index contributed by atoms with van der Waals surface area (Å²) in [4.78, 5) is 24.6. The Kier molecular flexibility index (Phi) is 66.9. The third-order valence-corrected chi connectivity index (χ3v) is 14.7. The van der Waals surface area contributed by atoms with E-state index in [4.69, 9.17) is 9.47 Å². The number of allylic oxidation sites excluding steroid dienone is 22. The van der Waals surface area contributed by atoms with Crippen LogP contribution in [0.4, 0.5) is 0 Å². The molecule has 0 spiro atoms. The third-order valence-electron chi connectivity index (χ3n) is 14.7. The van der Waals surface area contributed by atoms with Crippen molar-refractivity contribution in [2.45, 2.75) is 322 Å². The van der Waals surface area contributed by atoms with E-state index < -0.39 is 6.10 Å². The maximum absolute atomic E-state index is 12.3. The van der Waals surface area contributed by atoms with Gasteiger partial charge in [0.25, 0.3) is 0 Å². The molecule has 0 aliphatic carbocycles. The van der Waals surface area contributed by atoms with Crippen LogP contribution in [-0.4, -0.2) is 36.4 Å². The van der Waals surface area contributed by atoms with Crippen LogP contribution in [0, 0.1) is 0 Å². The fraction of sp³-hybridized carbons (Fsp3) is 0.684. The molecule has 0 bridgehead atoms. The van der Waals surface area contributed by atoms with Crippen LogP contribution in [-0.2, 0) is 19.1 Å². The molecule has 81 heavy (non-hydrogen) atoms. The van der Waals surface area contributed by atoms with Crippen LogP contribution in [0.5, 0.6) is 0 Å². The van der Waals surface area contributed by atoms with Crippen LogP contribution >= 0.6 is 0 Å². The molecule has 0 amide bonds. The number of aliphatic hydroxyl groups is 1. The lowest BCUT2D eigenvalue weighted by Crippen LogP contribution is -2.28. The highest BCUT2D eigenvalue weighted by molar-refractivity contribution is 5.70. The fourth-order valence-electron chi connectivity index (χ4n) is 9.62. The molecule has 0 saturated heterocycles. The summed E-state index contributed by atoms with van der Waals surface area (Å²) in [5, 5.41) is 9.69. The number of rotatable bonds is 62. The lowest BCUT2D eigenvalue weighted by Gasteiger charge is -2.15. The average molecular weight is 1120 g/mol. The van der Waals surface area contributed by atoms with Crippen LogP contribution in [0.15, 0.2) is 134 Å². The lowest BCUT2D eigenvalue weighted by molar-refractivity contribution is -0.161. The number of esters is 2. The van der Waals surface area contributed by atoms with Crippen molar-refractivity contribution in [2.75, 3.05) is 13.2 Å². The van der Waals surface area contributed by atoms with Crippen LogP contribution < -0.4 is 0 Å². The van der Waals surface area contributed by atoms with Crippen molar-refractivity contribution in [3.63, 3.8) is 0 Å². The Morgan fingerprint density at radius 2 is 0.531 bits per heavy atom. The topological polar surface area (TPSA) is 72.8 Å². The summed E-state index contributed by atoms with van der Waals surface area (Å²) in [6.45, 7) is 4.03. The first-order valence-electron chi connectivity index (χ1n) is 34.2. The van der Waals surface area contributed by atoms with E-state index in [1.54, 1.807) is 0 Å². The van der Waals surface area contributed by atoms with Gasteiger partial charge in [0.2, 0.25) is 0 Å². The second kappa shape index (κ2) is 70.3. The summed E-state index contributed by atoms with van der Waals surface area (Å²) < 4.78 is 10.7. The van der Waals surface area contributed by atoms with Gasteiger partial charge >= 0.3 is 11.9 Å². The van der Waals surface area contributed by atoms with Gasteiger partial charge in [-0.1, -0.05) is 340 Å². The molecule has 1 unspecified atom stereocenters. The molecule has 1 atom stereocenters. The minimum absolute atomic E-state index is 0.0841. The monoisotopic (exact) mass is 1120 g/mol. The molecule has 0 aliphatic rings. The average Bonchev–Trinajstić information content (AvgIpc) is 3.47. The van der Waals surface area contributed by atoms with E-state index in [9.17, 15) is 14.7 Å². The van der Waals surface area contributed by atoms with Gasteiger partial charge < -0.3 is 14.6 Å². The van der Waals surface area contributed by atoms with Gasteiger partial charge in [-0.15, -0.1) is 0 Å². The Bertz CT molecular complexity index is 1650. The van der Waals surface area contributed by atoms with Crippen LogP contribution in [0.2, 0.25) is 0 Å². The first-order valence-corrected chi connectivity index (χ1v) is 34.2. The summed E-state index contributed by atoms with van der Waals surface area (Å²) in [5.41, 5.74) is 0. The molecule has 5 heteroatoms. The smallest absolute Gasteiger partial charge is 0.306 e. The van der Waals surface area contributed by atoms with Crippen molar-refractivity contribution in [1.82, 2.24) is 0 Å². The first-order chi connectivity index (χ1) is 40.1. The number of hydrogen-bond donors (Lipinski definition) is 1. The van der Waals surface area contributed by atoms with Crippen LogP contribution in [0.1, 0.15) is 316 Å². The van der Waals surface area contributed by atoms with E-state index in [2.05, 4.69) is 148 Å². The third kappa shape index (κ3) is 68.4. The molecule has 0 aromatic heterocycles. The highest BCUT2D eigenvalue weighted by atomic mass is 16.6. The minimum atomic E-state index is -0.799. The summed E-state index contributed by atoms with van der Waals surface area (Å²) in [5.74, 6) is -0.625. The van der Waals surface area contributed by atoms with E-state index in [1.807, 2.05) is 0 Å². The molecule has 0 rings (SSSR count). The van der Waals surface area contributed by atoms with Crippen molar-refractivity contribution >= 4 is 11.9 Å². The van der Waals surface area contributed by atoms with Gasteiger partial charge in [0.05, 0.1) is 6.61 Å². The quantitative estimate of drug-likeness (QED) is 0.0373. The molecular formula is C76H128O5. The fourth-order valence-corrected chi connectivity index (χ4v) is 9.62. The molecule has 5 nitrogen and oxygen atoms in total. The Morgan fingerprint density at radius 3 is 0.802 bits per heavy atom. The van der Waals surface area contributed by atoms with Gasteiger partial charge in [-0.2, -0.15) is 0 Å². The molecule has 0 saturated carbocycles. The van der Waals surface area contributed by atoms with Crippen LogP contribution in [0.3, 0.4) is 0 Å². The maximum atomic E-state index is 12.3. The number of carbonyl (C=O) groups excluding carboxylic acids is 2. The zero-order chi connectivity index (χ0) is 58.4. The Morgan fingerprint density at radius 1 is 0.296 bits per heavy atom. The normalized spacial score (nSPS) is 13.1. The molecule has 0 aromatic carbocycles. The molecule has 0 aromatic rings. The standard InChI is InChI=1S/C76H128O5/c1-3-5-7-9-11-13-15-17-19-21-23-25-27-29-31-33-35-36-37-38-39-40-41-43-45-47-49-51-53-55-57-59-61-63-65-67-69-71-76(79)81-74(72-77)73-80-75(78)70-68-66-64-62-60-58-56-54-52-50-48-46-44-42-34-32-30-28-26-24-22-20-18-16-14-12-10-8-6-4-2/h5,7,11,13,17,19,23,25,29,31,35-36,38-39,41,43,47,49,53,55,59,61,74,77H,3-4,6,8-10,12,14-16,18,20-22,24,26-28,30,32-34,37,40,42,44-46,48,50-52,54,56-58,60,62-73H2,1-2H3/b7-5-,13-11-,19-17-,25-23-,31-29-,36-35-,39-38-,43-41-,49-47-,55-53-,61-59-. The van der Waals surface area contributed by atoms with Crippen molar-refractivity contribution in [3.05, 3.63) is 134 Å². The summed E-state index contributed by atoms with van der Waals surface area (Å²) in [6.07, 6.45) is 105. The summed E-state index contributed by atoms with van der Waals surface area (Å²) >= 11 is 0. The molecule has 0 aliphatic heterocycles. The summed E-state index contributed by atoms with van der Waals surface area (Å²) in [6, 6.07) is 0. The number of ether oxygens (including phenoxy) is 2. The second-order valence-electron chi connectivity index (χ2n) is 22.5. The first kappa shape index (κ1) is 77.0. The molecular weight excluding hydrogens is 993 g/mol. The number of hydrogen-bond acceptors (Lipinski definition) is 5. The predicted molar refractivity (Wildman–Crippen MR) is 357 cm³/mol. The zero-order valence-electron chi connectivity index (χ0n) is 53.0. The predicted octanol–water partition coefficient (Wildman–Crippen LogP) is 23.9. The molecule has 1 N–H and O–H groups in total. The van der Waals surface area contributed by atoms with Gasteiger partial charge in [0.1, 0.15) is 6.61 Å². The van der Waals surface area contributed by atoms with Crippen molar-refractivity contribution in [1.29, 1.82) is 0 Å². The zero-order valence-corrected chi connectivity index (χ0v) is 53.0. The van der Waals surface area contributed by atoms with Gasteiger partial charge in [0.15, 0.2) is 6.10 Å². The molecule has 0 fully saturated rings. The number of aliphatic hydroxyl groups excluding tert-OH is 1. The SMILES string of the molecule is CC/C=C\C/C=C\C/C=C\C/C=C\C/C=C\C/C=C\C/C=C\C/C=C\C/C=C\C/C=C\C/C=C\CCCCCC(=O)OC(CO)COC(=O)CCCCCCCCCCCCCCCCCCCCCCCCCCCCCCCC. The van der Waals surface area contributed by atoms with Crippen LogP contribution in [0.25, 0.3) is 0 Å². The minimum Gasteiger partial charge on any atom is -0.462 e. The molecule has 0 radical (unpaired) electrons.